The molecular formula is C10H14N4O5. The van der Waals surface area contributed by atoms with Crippen LogP contribution in [0.25, 0.3) is 0 Å². The van der Waals surface area contributed by atoms with Crippen LogP contribution in [0.5, 0.6) is 0 Å². The molecule has 0 saturated carbocycles. The number of aliphatic carboxylic acids is 1. The third-order valence-electron chi connectivity index (χ3n) is 2.02. The van der Waals surface area contributed by atoms with Crippen molar-refractivity contribution in [1.82, 2.24) is 20.8 Å². The number of nitrogens with zero attached hydrogens (tertiary/aromatic N) is 2. The Balaban J connectivity index is 2.19. The monoisotopic (exact) mass is 270 g/mol. The molecule has 0 atom stereocenters. The summed E-state index contributed by atoms with van der Waals surface area (Å²) >= 11 is 0. The van der Waals surface area contributed by atoms with Gasteiger partial charge in [-0.3, -0.25) is 14.9 Å². The SMILES string of the molecule is Cc1nc(CNC(=O)NC(=O)CCCC(=O)O)no1. The molecule has 3 N–H and O–H groups in total. The first kappa shape index (κ1) is 14.6. The summed E-state index contributed by atoms with van der Waals surface area (Å²) in [5, 5.41) is 16.4. The molecule has 0 aliphatic carbocycles. The third kappa shape index (κ3) is 6.15. The quantitative estimate of drug-likeness (QED) is 0.660. The molecule has 0 aliphatic heterocycles. The minimum Gasteiger partial charge on any atom is -0.481 e. The molecule has 0 fully saturated rings. The second kappa shape index (κ2) is 7.09. The van der Waals surface area contributed by atoms with Crippen molar-refractivity contribution in [1.29, 1.82) is 0 Å². The van der Waals surface area contributed by atoms with Gasteiger partial charge in [0.05, 0.1) is 6.54 Å². The number of carboxylic acid groups (broad SMARTS) is 1. The molecule has 0 bridgehead atoms. The van der Waals surface area contributed by atoms with Gasteiger partial charge in [-0.1, -0.05) is 5.16 Å². The molecular weight excluding hydrogens is 256 g/mol. The van der Waals surface area contributed by atoms with E-state index in [2.05, 4.69) is 20.8 Å². The molecule has 1 heterocycles. The lowest BCUT2D eigenvalue weighted by atomic mass is 10.2. The van der Waals surface area contributed by atoms with E-state index in [0.29, 0.717) is 11.7 Å². The number of aryl methyl sites for hydroxylation is 1. The predicted octanol–water partition coefficient (Wildman–Crippen LogP) is -0.0413. The van der Waals surface area contributed by atoms with Crippen molar-refractivity contribution in [2.24, 2.45) is 0 Å². The van der Waals surface area contributed by atoms with Gasteiger partial charge in [0.15, 0.2) is 5.82 Å². The molecule has 19 heavy (non-hydrogen) atoms. The number of carbonyl (C=O) groups excluding carboxylic acids is 2. The summed E-state index contributed by atoms with van der Waals surface area (Å²) in [6, 6.07) is -0.692. The maximum absolute atomic E-state index is 11.3. The van der Waals surface area contributed by atoms with Gasteiger partial charge in [-0.2, -0.15) is 4.98 Å². The summed E-state index contributed by atoms with van der Waals surface area (Å²) in [5.41, 5.74) is 0. The average Bonchev–Trinajstić information content (AvgIpc) is 2.72. The lowest BCUT2D eigenvalue weighted by molar-refractivity contribution is -0.137. The number of rotatable bonds is 6. The van der Waals surface area contributed by atoms with Crippen molar-refractivity contribution in [2.45, 2.75) is 32.7 Å². The summed E-state index contributed by atoms with van der Waals surface area (Å²) in [6.45, 7) is 1.65. The first-order valence-electron chi connectivity index (χ1n) is 5.56. The van der Waals surface area contributed by atoms with Crippen molar-refractivity contribution < 1.29 is 24.0 Å². The van der Waals surface area contributed by atoms with Gasteiger partial charge in [-0.25, -0.2) is 4.79 Å². The van der Waals surface area contributed by atoms with Crippen LogP contribution in [0.3, 0.4) is 0 Å². The topological polar surface area (TPSA) is 134 Å². The summed E-state index contributed by atoms with van der Waals surface area (Å²) in [7, 11) is 0. The van der Waals surface area contributed by atoms with Crippen molar-refractivity contribution in [3.8, 4) is 0 Å². The van der Waals surface area contributed by atoms with Gasteiger partial charge in [-0.15, -0.1) is 0 Å². The van der Waals surface area contributed by atoms with E-state index in [0.717, 1.165) is 0 Å². The Morgan fingerprint density at radius 1 is 1.32 bits per heavy atom. The Hall–Kier alpha value is -2.45. The van der Waals surface area contributed by atoms with Crippen LogP contribution in [-0.4, -0.2) is 33.2 Å². The van der Waals surface area contributed by atoms with E-state index in [1.807, 2.05) is 0 Å². The molecule has 9 heteroatoms. The van der Waals surface area contributed by atoms with E-state index in [-0.39, 0.29) is 25.8 Å². The third-order valence-corrected chi connectivity index (χ3v) is 2.02. The minimum absolute atomic E-state index is 0.0267. The fourth-order valence-corrected chi connectivity index (χ4v) is 1.21. The van der Waals surface area contributed by atoms with Crippen molar-refractivity contribution in [2.75, 3.05) is 0 Å². The summed E-state index contributed by atoms with van der Waals surface area (Å²) < 4.78 is 4.70. The van der Waals surface area contributed by atoms with E-state index in [1.165, 1.54) is 0 Å². The van der Waals surface area contributed by atoms with Crippen LogP contribution in [0.4, 0.5) is 4.79 Å². The zero-order chi connectivity index (χ0) is 14.3. The van der Waals surface area contributed by atoms with E-state index < -0.39 is 17.9 Å². The lowest BCUT2D eigenvalue weighted by Gasteiger charge is -2.04. The highest BCUT2D eigenvalue weighted by Crippen LogP contribution is 1.95. The van der Waals surface area contributed by atoms with Crippen molar-refractivity contribution in [3.63, 3.8) is 0 Å². The van der Waals surface area contributed by atoms with Crippen molar-refractivity contribution in [3.05, 3.63) is 11.7 Å². The fourth-order valence-electron chi connectivity index (χ4n) is 1.21. The number of carboxylic acids is 1. The highest BCUT2D eigenvalue weighted by atomic mass is 16.5. The molecule has 0 unspecified atom stereocenters. The molecule has 0 radical (unpaired) electrons. The molecule has 0 aliphatic rings. The molecule has 104 valence electrons. The number of hydrogen-bond acceptors (Lipinski definition) is 6. The molecule has 9 nitrogen and oxygen atoms in total. The first-order valence-corrected chi connectivity index (χ1v) is 5.56. The molecule has 1 aromatic rings. The Morgan fingerprint density at radius 3 is 2.63 bits per heavy atom. The van der Waals surface area contributed by atoms with Gasteiger partial charge in [0.2, 0.25) is 11.8 Å². The zero-order valence-electron chi connectivity index (χ0n) is 10.3. The molecule has 1 aromatic heterocycles. The summed E-state index contributed by atoms with van der Waals surface area (Å²) in [6.07, 6.45) is 0.0384. The second-order valence-electron chi connectivity index (χ2n) is 3.71. The predicted molar refractivity (Wildman–Crippen MR) is 60.9 cm³/mol. The largest absolute Gasteiger partial charge is 0.481 e. The number of amides is 3. The van der Waals surface area contributed by atoms with Crippen LogP contribution in [0, 0.1) is 6.92 Å². The van der Waals surface area contributed by atoms with Crippen LogP contribution in [0.15, 0.2) is 4.52 Å². The number of hydrogen-bond donors (Lipinski definition) is 3. The van der Waals surface area contributed by atoms with Crippen LogP contribution < -0.4 is 10.6 Å². The molecule has 0 aromatic carbocycles. The van der Waals surface area contributed by atoms with Crippen LogP contribution in [0.2, 0.25) is 0 Å². The molecule has 1 rings (SSSR count). The summed E-state index contributed by atoms with van der Waals surface area (Å²) in [5.74, 6) is -0.847. The molecule has 0 spiro atoms. The molecule has 3 amide bonds. The van der Waals surface area contributed by atoms with Gasteiger partial charge < -0.3 is 14.9 Å². The van der Waals surface area contributed by atoms with E-state index >= 15 is 0 Å². The van der Waals surface area contributed by atoms with Gasteiger partial charge >= 0.3 is 12.0 Å². The normalized spacial score (nSPS) is 9.95. The maximum Gasteiger partial charge on any atom is 0.321 e. The van der Waals surface area contributed by atoms with Crippen molar-refractivity contribution >= 4 is 17.9 Å². The van der Waals surface area contributed by atoms with Crippen LogP contribution in [-0.2, 0) is 16.1 Å². The maximum atomic E-state index is 11.3. The fraction of sp³-hybridized carbons (Fsp3) is 0.500. The van der Waals surface area contributed by atoms with Gasteiger partial charge in [0, 0.05) is 19.8 Å². The lowest BCUT2D eigenvalue weighted by Crippen LogP contribution is -2.39. The standard InChI is InChI=1S/C10H14N4O5/c1-6-12-7(14-19-6)5-11-10(18)13-8(15)3-2-4-9(16)17/h2-5H2,1H3,(H,16,17)(H2,11,13,15,18). The highest BCUT2D eigenvalue weighted by molar-refractivity contribution is 5.94. The number of imide groups is 1. The number of aromatic nitrogens is 2. The number of urea groups is 1. The Morgan fingerprint density at radius 2 is 2.05 bits per heavy atom. The van der Waals surface area contributed by atoms with Gasteiger partial charge in [0.25, 0.3) is 0 Å². The van der Waals surface area contributed by atoms with Crippen LogP contribution >= 0.6 is 0 Å². The number of nitrogens with one attached hydrogen (secondary N) is 2. The summed E-state index contributed by atoms with van der Waals surface area (Å²) in [4.78, 5) is 36.6. The van der Waals surface area contributed by atoms with E-state index in [1.54, 1.807) is 6.92 Å². The zero-order valence-corrected chi connectivity index (χ0v) is 10.3. The van der Waals surface area contributed by atoms with Gasteiger partial charge in [-0.05, 0) is 6.42 Å². The number of carbonyl (C=O) groups is 3. The van der Waals surface area contributed by atoms with E-state index in [4.69, 9.17) is 9.63 Å². The first-order chi connectivity index (χ1) is 8.97. The highest BCUT2D eigenvalue weighted by Gasteiger charge is 2.09. The van der Waals surface area contributed by atoms with Gasteiger partial charge in [0.1, 0.15) is 0 Å². The Labute approximate surface area is 108 Å². The van der Waals surface area contributed by atoms with E-state index in [9.17, 15) is 14.4 Å². The van der Waals surface area contributed by atoms with Crippen LogP contribution in [0.1, 0.15) is 31.0 Å². The minimum atomic E-state index is -0.982. The second-order valence-corrected chi connectivity index (χ2v) is 3.71. The Kier molecular flexibility index (Phi) is 5.45. The molecule has 0 saturated heterocycles. The average molecular weight is 270 g/mol. The Bertz CT molecular complexity index is 470. The smallest absolute Gasteiger partial charge is 0.321 e.